The molecule has 36 heavy (non-hydrogen) atoms. The molecule has 0 saturated carbocycles. The standard InChI is InChI=1S/C27H21N7O2/c28-24-20(3-1-11-29-24)25-31-22-4-2-12-30-26(22)34(25)18-7-5-16(6-8-18)17-14-33(15-17)19-9-10-23-21(13-19)27(35)32-36-23/h1-13,17H,14-15H2,(H2,28,29)(H,32,35). The molecule has 9 heteroatoms. The largest absolute Gasteiger partial charge is 0.383 e. The fraction of sp³-hybridized carbons (Fsp3) is 0.111. The number of fused-ring (bicyclic) bond motifs is 2. The number of pyridine rings is 2. The zero-order valence-electron chi connectivity index (χ0n) is 19.1. The number of nitrogens with zero attached hydrogens (tertiary/aromatic N) is 5. The van der Waals surface area contributed by atoms with Crippen LogP contribution in [0, 0.1) is 0 Å². The second kappa shape index (κ2) is 7.81. The molecule has 0 radical (unpaired) electrons. The van der Waals surface area contributed by atoms with Crippen LogP contribution in [0.3, 0.4) is 0 Å². The van der Waals surface area contributed by atoms with Gasteiger partial charge in [0.1, 0.15) is 11.3 Å². The summed E-state index contributed by atoms with van der Waals surface area (Å²) in [6.07, 6.45) is 3.44. The van der Waals surface area contributed by atoms with E-state index in [9.17, 15) is 4.79 Å². The van der Waals surface area contributed by atoms with Crippen molar-refractivity contribution < 1.29 is 4.52 Å². The van der Waals surface area contributed by atoms with Crippen molar-refractivity contribution in [2.75, 3.05) is 23.7 Å². The van der Waals surface area contributed by atoms with Gasteiger partial charge in [0.15, 0.2) is 17.1 Å². The molecule has 2 aromatic carbocycles. The molecule has 1 saturated heterocycles. The number of imidazole rings is 1. The lowest BCUT2D eigenvalue weighted by Gasteiger charge is -2.41. The van der Waals surface area contributed by atoms with Crippen LogP contribution < -0.4 is 16.2 Å². The van der Waals surface area contributed by atoms with E-state index >= 15 is 0 Å². The lowest BCUT2D eigenvalue weighted by atomic mass is 9.90. The first-order chi connectivity index (χ1) is 17.7. The number of hydrogen-bond acceptors (Lipinski definition) is 7. The Morgan fingerprint density at radius 1 is 0.944 bits per heavy atom. The van der Waals surface area contributed by atoms with Crippen molar-refractivity contribution in [1.29, 1.82) is 0 Å². The normalized spacial score (nSPS) is 13.9. The van der Waals surface area contributed by atoms with Crippen molar-refractivity contribution in [3.63, 3.8) is 0 Å². The number of benzene rings is 2. The summed E-state index contributed by atoms with van der Waals surface area (Å²) in [4.78, 5) is 27.8. The molecular weight excluding hydrogens is 454 g/mol. The summed E-state index contributed by atoms with van der Waals surface area (Å²) in [6.45, 7) is 1.77. The zero-order valence-corrected chi connectivity index (χ0v) is 19.1. The van der Waals surface area contributed by atoms with Crippen molar-refractivity contribution in [3.05, 3.63) is 95.0 Å². The SMILES string of the molecule is Nc1ncccc1-c1nc2cccnc2n1-c1ccc(C2CN(c3ccc4o[nH]c(=O)c4c3)C2)cc1. The Balaban J connectivity index is 1.18. The average Bonchev–Trinajstić information content (AvgIpc) is 3.44. The maximum absolute atomic E-state index is 11.9. The van der Waals surface area contributed by atoms with Crippen molar-refractivity contribution in [2.24, 2.45) is 0 Å². The van der Waals surface area contributed by atoms with Crippen LogP contribution >= 0.6 is 0 Å². The first kappa shape index (κ1) is 20.5. The van der Waals surface area contributed by atoms with Gasteiger partial charge in [-0.1, -0.05) is 12.1 Å². The molecule has 6 aromatic rings. The van der Waals surface area contributed by atoms with E-state index in [-0.39, 0.29) is 5.56 Å². The number of aromatic nitrogens is 5. The van der Waals surface area contributed by atoms with Gasteiger partial charge in [0.05, 0.1) is 10.9 Å². The van der Waals surface area contributed by atoms with Gasteiger partial charge in [-0.05, 0) is 60.2 Å². The quantitative estimate of drug-likeness (QED) is 0.394. The van der Waals surface area contributed by atoms with E-state index in [1.54, 1.807) is 12.4 Å². The third-order valence-electron chi connectivity index (χ3n) is 6.83. The highest BCUT2D eigenvalue weighted by Gasteiger charge is 2.29. The number of anilines is 2. The molecule has 176 valence electrons. The summed E-state index contributed by atoms with van der Waals surface area (Å²) in [5.74, 6) is 1.54. The van der Waals surface area contributed by atoms with Gasteiger partial charge in [-0.25, -0.2) is 15.0 Å². The minimum Gasteiger partial charge on any atom is -0.383 e. The molecule has 4 aromatic heterocycles. The summed E-state index contributed by atoms with van der Waals surface area (Å²) in [6, 6.07) is 21.8. The van der Waals surface area contributed by atoms with Crippen LogP contribution in [0.2, 0.25) is 0 Å². The number of rotatable bonds is 4. The topological polar surface area (TPSA) is 119 Å². The molecule has 3 N–H and O–H groups in total. The van der Waals surface area contributed by atoms with Crippen molar-refractivity contribution >= 4 is 33.6 Å². The van der Waals surface area contributed by atoms with Gasteiger partial charge < -0.3 is 15.2 Å². The van der Waals surface area contributed by atoms with Crippen LogP contribution in [0.25, 0.3) is 39.2 Å². The van der Waals surface area contributed by atoms with Gasteiger partial charge in [-0.3, -0.25) is 9.36 Å². The van der Waals surface area contributed by atoms with Crippen LogP contribution in [0.15, 0.2) is 88.4 Å². The van der Waals surface area contributed by atoms with E-state index in [1.165, 1.54) is 5.56 Å². The molecule has 5 heterocycles. The average molecular weight is 476 g/mol. The molecule has 0 atom stereocenters. The van der Waals surface area contributed by atoms with Crippen LogP contribution in [0.5, 0.6) is 0 Å². The molecule has 9 nitrogen and oxygen atoms in total. The Labute approximate surface area is 204 Å². The van der Waals surface area contributed by atoms with Gasteiger partial charge >= 0.3 is 0 Å². The van der Waals surface area contributed by atoms with Crippen molar-refractivity contribution in [2.45, 2.75) is 5.92 Å². The number of nitrogens with one attached hydrogen (secondary N) is 1. The molecule has 1 aliphatic heterocycles. The van der Waals surface area contributed by atoms with Gasteiger partial charge in [0, 0.05) is 42.8 Å². The first-order valence-electron chi connectivity index (χ1n) is 11.7. The van der Waals surface area contributed by atoms with Crippen LogP contribution in [0.4, 0.5) is 11.5 Å². The van der Waals surface area contributed by atoms with E-state index in [0.29, 0.717) is 28.5 Å². The Kier molecular flexibility index (Phi) is 4.44. The van der Waals surface area contributed by atoms with Gasteiger partial charge in [-0.15, -0.1) is 0 Å². The Bertz CT molecular complexity index is 1790. The monoisotopic (exact) mass is 475 g/mol. The fourth-order valence-corrected chi connectivity index (χ4v) is 4.88. The maximum atomic E-state index is 11.9. The van der Waals surface area contributed by atoms with E-state index in [0.717, 1.165) is 41.2 Å². The number of H-pyrrole nitrogens is 1. The predicted octanol–water partition coefficient (Wildman–Crippen LogP) is 4.10. The first-order valence-corrected chi connectivity index (χ1v) is 11.7. The third-order valence-corrected chi connectivity index (χ3v) is 6.83. The number of aromatic amines is 1. The molecular formula is C27H21N7O2. The lowest BCUT2D eigenvalue weighted by Crippen LogP contribution is -2.45. The van der Waals surface area contributed by atoms with E-state index in [4.69, 9.17) is 15.2 Å². The van der Waals surface area contributed by atoms with Gasteiger partial charge in [-0.2, -0.15) is 5.16 Å². The highest BCUT2D eigenvalue weighted by molar-refractivity contribution is 5.83. The highest BCUT2D eigenvalue weighted by atomic mass is 16.5. The van der Waals surface area contributed by atoms with Gasteiger partial charge in [0.2, 0.25) is 0 Å². The predicted molar refractivity (Wildman–Crippen MR) is 138 cm³/mol. The molecule has 0 bridgehead atoms. The molecule has 0 aliphatic carbocycles. The number of nitrogens with two attached hydrogens (primary N) is 1. The van der Waals surface area contributed by atoms with E-state index in [1.807, 2.05) is 47.0 Å². The van der Waals surface area contributed by atoms with Crippen LogP contribution in [-0.4, -0.2) is 37.8 Å². The van der Waals surface area contributed by atoms with E-state index < -0.39 is 0 Å². The highest BCUT2D eigenvalue weighted by Crippen LogP contribution is 2.34. The Hall–Kier alpha value is -4.92. The summed E-state index contributed by atoms with van der Waals surface area (Å²) >= 11 is 0. The zero-order chi connectivity index (χ0) is 24.2. The lowest BCUT2D eigenvalue weighted by molar-refractivity contribution is 0.449. The second-order valence-corrected chi connectivity index (χ2v) is 8.96. The fourth-order valence-electron chi connectivity index (χ4n) is 4.88. The molecule has 7 rings (SSSR count). The summed E-state index contributed by atoms with van der Waals surface area (Å²) in [5, 5.41) is 2.96. The Morgan fingerprint density at radius 3 is 2.56 bits per heavy atom. The van der Waals surface area contributed by atoms with Crippen molar-refractivity contribution in [3.8, 4) is 17.1 Å². The summed E-state index contributed by atoms with van der Waals surface area (Å²) < 4.78 is 7.18. The van der Waals surface area contributed by atoms with Crippen molar-refractivity contribution in [1.82, 2.24) is 24.7 Å². The second-order valence-electron chi connectivity index (χ2n) is 8.96. The molecule has 0 spiro atoms. The molecule has 1 fully saturated rings. The minimum absolute atomic E-state index is 0.201. The van der Waals surface area contributed by atoms with E-state index in [2.05, 4.69) is 44.3 Å². The number of hydrogen-bond donors (Lipinski definition) is 2. The summed E-state index contributed by atoms with van der Waals surface area (Å²) in [5.41, 5.74) is 12.1. The maximum Gasteiger partial charge on any atom is 0.287 e. The van der Waals surface area contributed by atoms with Crippen LogP contribution in [-0.2, 0) is 0 Å². The molecule has 0 unspecified atom stereocenters. The van der Waals surface area contributed by atoms with Crippen LogP contribution in [0.1, 0.15) is 11.5 Å². The molecule has 0 amide bonds. The number of nitrogen functional groups attached to an aromatic ring is 1. The summed E-state index contributed by atoms with van der Waals surface area (Å²) in [7, 11) is 0. The molecule has 1 aliphatic rings. The third kappa shape index (κ3) is 3.17. The van der Waals surface area contributed by atoms with Gasteiger partial charge in [0.25, 0.3) is 5.56 Å². The Morgan fingerprint density at radius 2 is 1.72 bits per heavy atom. The smallest absolute Gasteiger partial charge is 0.287 e. The minimum atomic E-state index is -0.201.